The molecule has 1 aromatic rings. The Hall–Kier alpha value is -0.950. The van der Waals surface area contributed by atoms with Gasteiger partial charge in [0.05, 0.1) is 11.4 Å². The number of thioether (sulfide) groups is 1. The van der Waals surface area contributed by atoms with E-state index in [0.717, 1.165) is 5.75 Å². The van der Waals surface area contributed by atoms with E-state index in [1.807, 2.05) is 0 Å². The molecule has 7 heteroatoms. The average Bonchev–Trinajstić information content (AvgIpc) is 2.41. The number of hydrogen-bond donors (Lipinski definition) is 1. The zero-order valence-corrected chi connectivity index (χ0v) is 12.3. The average molecular weight is 304 g/mol. The lowest BCUT2D eigenvalue weighted by atomic mass is 10.2. The van der Waals surface area contributed by atoms with Crippen LogP contribution in [0.1, 0.15) is 6.92 Å². The van der Waals surface area contributed by atoms with Gasteiger partial charge >= 0.3 is 0 Å². The predicted octanol–water partition coefficient (Wildman–Crippen LogP) is 1.72. The number of anilines is 2. The zero-order chi connectivity index (χ0) is 14.0. The Kier molecular flexibility index (Phi) is 4.25. The largest absolute Gasteiger partial charge is 0.397 e. The van der Waals surface area contributed by atoms with Gasteiger partial charge in [-0.3, -0.25) is 0 Å². The number of nitrogen functional groups attached to an aromatic ring is 1. The molecule has 4 nitrogen and oxygen atoms in total. The molecule has 1 aliphatic heterocycles. The highest BCUT2D eigenvalue weighted by molar-refractivity contribution is 8.01. The van der Waals surface area contributed by atoms with E-state index >= 15 is 0 Å². The van der Waals surface area contributed by atoms with Crippen molar-refractivity contribution in [2.45, 2.75) is 12.3 Å². The first-order chi connectivity index (χ1) is 8.95. The molecule has 1 aliphatic rings. The maximum Gasteiger partial charge on any atom is 0.171 e. The number of benzene rings is 1. The first-order valence-corrected chi connectivity index (χ1v) is 8.93. The number of hydrogen-bond acceptors (Lipinski definition) is 5. The van der Waals surface area contributed by atoms with Crippen LogP contribution in [-0.4, -0.2) is 37.6 Å². The summed E-state index contributed by atoms with van der Waals surface area (Å²) < 4.78 is 37.7. The summed E-state index contributed by atoms with van der Waals surface area (Å²) >= 11 is 1.60. The molecule has 2 rings (SSSR count). The van der Waals surface area contributed by atoms with Gasteiger partial charge in [-0.1, -0.05) is 6.92 Å². The number of sulfone groups is 1. The standard InChI is InChI=1S/C12H17FN2O2S2/c1-2-19(16,17)12-8-18-6-5-15(12)11-7-9(13)3-4-10(11)14/h3-4,7,12H,2,5-6,8,14H2,1H3. The Morgan fingerprint density at radius 2 is 2.26 bits per heavy atom. The quantitative estimate of drug-likeness (QED) is 0.862. The van der Waals surface area contributed by atoms with Crippen molar-refractivity contribution in [2.75, 3.05) is 34.4 Å². The van der Waals surface area contributed by atoms with E-state index in [1.165, 1.54) is 18.2 Å². The molecule has 1 atom stereocenters. The van der Waals surface area contributed by atoms with Crippen LogP contribution in [0.2, 0.25) is 0 Å². The van der Waals surface area contributed by atoms with Gasteiger partial charge in [0, 0.05) is 23.8 Å². The van der Waals surface area contributed by atoms with Crippen LogP contribution in [0.25, 0.3) is 0 Å². The summed E-state index contributed by atoms with van der Waals surface area (Å²) in [6, 6.07) is 4.06. The normalized spacial score (nSPS) is 20.5. The van der Waals surface area contributed by atoms with Crippen molar-refractivity contribution in [2.24, 2.45) is 0 Å². The SMILES string of the molecule is CCS(=O)(=O)C1CSCCN1c1cc(F)ccc1N. The van der Waals surface area contributed by atoms with Gasteiger partial charge in [0.15, 0.2) is 9.84 Å². The summed E-state index contributed by atoms with van der Waals surface area (Å²) in [5.74, 6) is 0.969. The molecule has 106 valence electrons. The summed E-state index contributed by atoms with van der Waals surface area (Å²) in [7, 11) is -3.22. The number of halogens is 1. The van der Waals surface area contributed by atoms with Crippen molar-refractivity contribution < 1.29 is 12.8 Å². The summed E-state index contributed by atoms with van der Waals surface area (Å²) in [5, 5.41) is -0.625. The third-order valence-electron chi connectivity index (χ3n) is 3.20. The van der Waals surface area contributed by atoms with Crippen LogP contribution in [0.15, 0.2) is 18.2 Å². The molecule has 1 heterocycles. The van der Waals surface area contributed by atoms with Crippen LogP contribution >= 0.6 is 11.8 Å². The Labute approximate surface area is 117 Å². The van der Waals surface area contributed by atoms with Crippen molar-refractivity contribution in [3.8, 4) is 0 Å². The Morgan fingerprint density at radius 1 is 1.53 bits per heavy atom. The topological polar surface area (TPSA) is 63.4 Å². The van der Waals surface area contributed by atoms with Gasteiger partial charge in [0.2, 0.25) is 0 Å². The molecule has 1 aromatic carbocycles. The van der Waals surface area contributed by atoms with Gasteiger partial charge in [-0.25, -0.2) is 12.8 Å². The Morgan fingerprint density at radius 3 is 2.95 bits per heavy atom. The van der Waals surface area contributed by atoms with E-state index in [2.05, 4.69) is 0 Å². The molecule has 0 bridgehead atoms. The molecular weight excluding hydrogens is 287 g/mol. The summed E-state index contributed by atoms with van der Waals surface area (Å²) in [6.45, 7) is 2.18. The van der Waals surface area contributed by atoms with Gasteiger partial charge in [-0.2, -0.15) is 11.8 Å². The maximum absolute atomic E-state index is 13.4. The van der Waals surface area contributed by atoms with E-state index in [9.17, 15) is 12.8 Å². The van der Waals surface area contributed by atoms with E-state index < -0.39 is 21.0 Å². The predicted molar refractivity (Wildman–Crippen MR) is 78.7 cm³/mol. The van der Waals surface area contributed by atoms with Crippen molar-refractivity contribution in [1.82, 2.24) is 0 Å². The molecule has 0 aromatic heterocycles. The number of nitrogens with zero attached hydrogens (tertiary/aromatic N) is 1. The summed E-state index contributed by atoms with van der Waals surface area (Å²) in [4.78, 5) is 1.72. The Balaban J connectivity index is 2.42. The molecule has 0 radical (unpaired) electrons. The highest BCUT2D eigenvalue weighted by Crippen LogP contribution is 2.31. The smallest absolute Gasteiger partial charge is 0.171 e. The molecular formula is C12H17FN2O2S2. The molecule has 0 saturated carbocycles. The second kappa shape index (κ2) is 5.58. The van der Waals surface area contributed by atoms with Crippen molar-refractivity contribution in [1.29, 1.82) is 0 Å². The van der Waals surface area contributed by atoms with Gasteiger partial charge in [-0.15, -0.1) is 0 Å². The maximum atomic E-state index is 13.4. The minimum absolute atomic E-state index is 0.0734. The van der Waals surface area contributed by atoms with E-state index in [1.54, 1.807) is 23.6 Å². The second-order valence-corrected chi connectivity index (χ2v) is 7.97. The monoisotopic (exact) mass is 304 g/mol. The lowest BCUT2D eigenvalue weighted by molar-refractivity contribution is 0.579. The Bertz CT molecular complexity index is 563. The minimum Gasteiger partial charge on any atom is -0.397 e. The second-order valence-electron chi connectivity index (χ2n) is 4.38. The van der Waals surface area contributed by atoms with Crippen LogP contribution in [-0.2, 0) is 9.84 Å². The fraction of sp³-hybridized carbons (Fsp3) is 0.500. The molecule has 0 spiro atoms. The van der Waals surface area contributed by atoms with Gasteiger partial charge in [-0.05, 0) is 18.2 Å². The lowest BCUT2D eigenvalue weighted by Gasteiger charge is -2.37. The van der Waals surface area contributed by atoms with Crippen LogP contribution in [0.4, 0.5) is 15.8 Å². The van der Waals surface area contributed by atoms with Crippen LogP contribution in [0.3, 0.4) is 0 Å². The number of rotatable bonds is 3. The van der Waals surface area contributed by atoms with Crippen LogP contribution < -0.4 is 10.6 Å². The fourth-order valence-electron chi connectivity index (χ4n) is 2.11. The third-order valence-corrected chi connectivity index (χ3v) is 6.49. The lowest BCUT2D eigenvalue weighted by Crippen LogP contribution is -2.48. The summed E-state index contributed by atoms with van der Waals surface area (Å²) in [6.07, 6.45) is 0. The van der Waals surface area contributed by atoms with E-state index in [0.29, 0.717) is 23.7 Å². The van der Waals surface area contributed by atoms with Crippen molar-refractivity contribution >= 4 is 33.0 Å². The molecule has 19 heavy (non-hydrogen) atoms. The molecule has 0 aliphatic carbocycles. The van der Waals surface area contributed by atoms with Crippen molar-refractivity contribution in [3.05, 3.63) is 24.0 Å². The van der Waals surface area contributed by atoms with E-state index in [-0.39, 0.29) is 5.75 Å². The molecule has 0 amide bonds. The number of nitrogens with two attached hydrogens (primary N) is 1. The van der Waals surface area contributed by atoms with Crippen molar-refractivity contribution in [3.63, 3.8) is 0 Å². The van der Waals surface area contributed by atoms with Gasteiger partial charge < -0.3 is 10.6 Å². The highest BCUT2D eigenvalue weighted by atomic mass is 32.2. The minimum atomic E-state index is -3.22. The molecule has 1 unspecified atom stereocenters. The molecule has 2 N–H and O–H groups in total. The third kappa shape index (κ3) is 2.97. The van der Waals surface area contributed by atoms with Gasteiger partial charge in [0.25, 0.3) is 0 Å². The zero-order valence-electron chi connectivity index (χ0n) is 10.7. The first kappa shape index (κ1) is 14.5. The molecule has 1 saturated heterocycles. The molecule has 1 fully saturated rings. The van der Waals surface area contributed by atoms with Crippen LogP contribution in [0.5, 0.6) is 0 Å². The van der Waals surface area contributed by atoms with Gasteiger partial charge in [0.1, 0.15) is 11.2 Å². The highest BCUT2D eigenvalue weighted by Gasteiger charge is 2.33. The summed E-state index contributed by atoms with van der Waals surface area (Å²) in [5.41, 5.74) is 6.74. The van der Waals surface area contributed by atoms with E-state index in [4.69, 9.17) is 5.73 Å². The fourth-order valence-corrected chi connectivity index (χ4v) is 5.10. The van der Waals surface area contributed by atoms with Crippen LogP contribution in [0, 0.1) is 5.82 Å². The first-order valence-electron chi connectivity index (χ1n) is 6.06.